The number of benzene rings is 1. The Balaban J connectivity index is 2.03. The minimum Gasteiger partial charge on any atom is -0.380 e. The van der Waals surface area contributed by atoms with E-state index in [9.17, 15) is 4.79 Å². The lowest BCUT2D eigenvalue weighted by Gasteiger charge is -2.32. The van der Waals surface area contributed by atoms with Crippen molar-refractivity contribution in [2.75, 3.05) is 31.2 Å². The first-order chi connectivity index (χ1) is 11.6. The van der Waals surface area contributed by atoms with Gasteiger partial charge in [0, 0.05) is 35.3 Å². The summed E-state index contributed by atoms with van der Waals surface area (Å²) in [6.07, 6.45) is 4.01. The van der Waals surface area contributed by atoms with E-state index in [1.165, 1.54) is 0 Å². The van der Waals surface area contributed by atoms with Crippen LogP contribution in [-0.4, -0.2) is 38.3 Å². The van der Waals surface area contributed by atoms with E-state index in [0.717, 1.165) is 49.0 Å². The number of carbonyl (C=O) groups excluding carboxylic acids is 1. The predicted molar refractivity (Wildman–Crippen MR) is 102 cm³/mol. The predicted octanol–water partition coefficient (Wildman–Crippen LogP) is 3.99. The number of anilines is 1. The molecule has 24 heavy (non-hydrogen) atoms. The van der Waals surface area contributed by atoms with Gasteiger partial charge in [-0.2, -0.15) is 0 Å². The van der Waals surface area contributed by atoms with Crippen molar-refractivity contribution in [2.24, 2.45) is 5.92 Å². The van der Waals surface area contributed by atoms with Crippen LogP contribution in [0.3, 0.4) is 0 Å². The molecule has 1 aliphatic rings. The number of unbranched alkanes of at least 4 members (excludes halogenated alkanes) is 1. The van der Waals surface area contributed by atoms with E-state index in [0.29, 0.717) is 19.2 Å². The fourth-order valence-corrected chi connectivity index (χ4v) is 3.33. The monoisotopic (exact) mass is 396 g/mol. The summed E-state index contributed by atoms with van der Waals surface area (Å²) in [5, 5.41) is 3.42. The Morgan fingerprint density at radius 3 is 2.75 bits per heavy atom. The van der Waals surface area contributed by atoms with Gasteiger partial charge < -0.3 is 15.0 Å². The number of nitrogens with zero attached hydrogens (tertiary/aromatic N) is 1. The Kier molecular flexibility index (Phi) is 8.22. The molecule has 0 radical (unpaired) electrons. The van der Waals surface area contributed by atoms with E-state index in [1.807, 2.05) is 29.2 Å². The first-order valence-corrected chi connectivity index (χ1v) is 9.79. The van der Waals surface area contributed by atoms with E-state index in [4.69, 9.17) is 4.74 Å². The van der Waals surface area contributed by atoms with Gasteiger partial charge in [-0.1, -0.05) is 29.3 Å². The van der Waals surface area contributed by atoms with Crippen molar-refractivity contribution >= 4 is 27.5 Å². The van der Waals surface area contributed by atoms with Gasteiger partial charge in [0.2, 0.25) is 5.91 Å². The zero-order valence-electron chi connectivity index (χ0n) is 14.8. The number of rotatable bonds is 8. The van der Waals surface area contributed by atoms with Crippen molar-refractivity contribution in [3.63, 3.8) is 0 Å². The Bertz CT molecular complexity index is 507. The minimum absolute atomic E-state index is 0.0977. The molecule has 1 heterocycles. The Labute approximate surface area is 154 Å². The lowest BCUT2D eigenvalue weighted by Crippen LogP contribution is -2.45. The van der Waals surface area contributed by atoms with E-state index in [-0.39, 0.29) is 11.8 Å². The van der Waals surface area contributed by atoms with Gasteiger partial charge >= 0.3 is 0 Å². The van der Waals surface area contributed by atoms with E-state index < -0.39 is 0 Å². The number of halogens is 1. The first-order valence-electron chi connectivity index (χ1n) is 9.00. The number of piperidine rings is 1. The Morgan fingerprint density at radius 2 is 2.08 bits per heavy atom. The summed E-state index contributed by atoms with van der Waals surface area (Å²) < 4.78 is 6.71. The molecule has 0 saturated carbocycles. The SMILES string of the molecule is CCCCOCCN(C(=O)[C@H]1CCN[C@@H](C)C1)c1ccc(Br)cc1. The molecule has 2 rings (SSSR count). The van der Waals surface area contributed by atoms with Gasteiger partial charge in [-0.25, -0.2) is 0 Å². The van der Waals surface area contributed by atoms with E-state index in [1.54, 1.807) is 0 Å². The van der Waals surface area contributed by atoms with Crippen molar-refractivity contribution in [1.29, 1.82) is 0 Å². The average molecular weight is 397 g/mol. The second kappa shape index (κ2) is 10.2. The molecule has 1 saturated heterocycles. The molecule has 0 spiro atoms. The van der Waals surface area contributed by atoms with Crippen LogP contribution in [0, 0.1) is 5.92 Å². The highest BCUT2D eigenvalue weighted by Gasteiger charge is 2.29. The third-order valence-electron chi connectivity index (χ3n) is 4.48. The molecular weight excluding hydrogens is 368 g/mol. The Hall–Kier alpha value is -0.910. The molecule has 2 atom stereocenters. The summed E-state index contributed by atoms with van der Waals surface area (Å²) >= 11 is 3.46. The van der Waals surface area contributed by atoms with Crippen LogP contribution < -0.4 is 10.2 Å². The molecular formula is C19H29BrN2O2. The van der Waals surface area contributed by atoms with Crippen molar-refractivity contribution < 1.29 is 9.53 Å². The van der Waals surface area contributed by atoms with Gasteiger partial charge in [-0.15, -0.1) is 0 Å². The molecule has 0 bridgehead atoms. The molecule has 4 nitrogen and oxygen atoms in total. The van der Waals surface area contributed by atoms with Crippen molar-refractivity contribution in [1.82, 2.24) is 5.32 Å². The Morgan fingerprint density at radius 1 is 1.33 bits per heavy atom. The van der Waals surface area contributed by atoms with Crippen LogP contribution in [0.4, 0.5) is 5.69 Å². The standard InChI is InChI=1S/C19H29BrN2O2/c1-3-4-12-24-13-11-22(18-7-5-17(20)6-8-18)19(23)16-9-10-21-15(2)14-16/h5-8,15-16,21H,3-4,9-14H2,1-2H3/t15-,16-/m0/s1. The zero-order chi connectivity index (χ0) is 17.4. The third kappa shape index (κ3) is 5.87. The molecule has 1 N–H and O–H groups in total. The van der Waals surface area contributed by atoms with Crippen LogP contribution in [0.1, 0.15) is 39.5 Å². The molecule has 1 aliphatic heterocycles. The maximum atomic E-state index is 13.1. The molecule has 1 fully saturated rings. The smallest absolute Gasteiger partial charge is 0.230 e. The number of carbonyl (C=O) groups is 1. The van der Waals surface area contributed by atoms with Gasteiger partial charge in [0.15, 0.2) is 0 Å². The van der Waals surface area contributed by atoms with Gasteiger partial charge in [-0.05, 0) is 57.0 Å². The molecule has 0 unspecified atom stereocenters. The average Bonchev–Trinajstić information content (AvgIpc) is 2.59. The summed E-state index contributed by atoms with van der Waals surface area (Å²) in [7, 11) is 0. The zero-order valence-corrected chi connectivity index (χ0v) is 16.3. The molecule has 0 aromatic heterocycles. The van der Waals surface area contributed by atoms with E-state index in [2.05, 4.69) is 35.1 Å². The number of hydrogen-bond donors (Lipinski definition) is 1. The van der Waals surface area contributed by atoms with Gasteiger partial charge in [-0.3, -0.25) is 4.79 Å². The maximum Gasteiger partial charge on any atom is 0.230 e. The topological polar surface area (TPSA) is 41.6 Å². The van der Waals surface area contributed by atoms with E-state index >= 15 is 0 Å². The van der Waals surface area contributed by atoms with Crippen molar-refractivity contribution in [2.45, 2.75) is 45.6 Å². The molecule has 1 aromatic carbocycles. The fourth-order valence-electron chi connectivity index (χ4n) is 3.07. The fraction of sp³-hybridized carbons (Fsp3) is 0.632. The summed E-state index contributed by atoms with van der Waals surface area (Å²) in [5.74, 6) is 0.324. The van der Waals surface area contributed by atoms with Crippen LogP contribution in [0.15, 0.2) is 28.7 Å². The minimum atomic E-state index is 0.0977. The summed E-state index contributed by atoms with van der Waals surface area (Å²) in [4.78, 5) is 15.0. The first kappa shape index (κ1) is 19.4. The number of amides is 1. The van der Waals surface area contributed by atoms with Crippen LogP contribution in [0.25, 0.3) is 0 Å². The van der Waals surface area contributed by atoms with Crippen molar-refractivity contribution in [3.05, 3.63) is 28.7 Å². The highest BCUT2D eigenvalue weighted by molar-refractivity contribution is 9.10. The number of ether oxygens (including phenoxy) is 1. The number of nitrogens with one attached hydrogen (secondary N) is 1. The van der Waals surface area contributed by atoms with Gasteiger partial charge in [0.1, 0.15) is 0 Å². The van der Waals surface area contributed by atoms with Crippen LogP contribution in [0.5, 0.6) is 0 Å². The lowest BCUT2D eigenvalue weighted by atomic mass is 9.92. The van der Waals surface area contributed by atoms with Gasteiger partial charge in [0.25, 0.3) is 0 Å². The highest BCUT2D eigenvalue weighted by atomic mass is 79.9. The number of hydrogen-bond acceptors (Lipinski definition) is 3. The largest absolute Gasteiger partial charge is 0.380 e. The second-order valence-electron chi connectivity index (χ2n) is 6.51. The maximum absolute atomic E-state index is 13.1. The summed E-state index contributed by atoms with van der Waals surface area (Å²) in [5.41, 5.74) is 0.952. The normalized spacial score (nSPS) is 20.8. The molecule has 1 amide bonds. The van der Waals surface area contributed by atoms with Gasteiger partial charge in [0.05, 0.1) is 6.61 Å². The van der Waals surface area contributed by atoms with Crippen LogP contribution in [-0.2, 0) is 9.53 Å². The summed E-state index contributed by atoms with van der Waals surface area (Å²) in [6, 6.07) is 8.37. The molecule has 0 aliphatic carbocycles. The molecule has 5 heteroatoms. The lowest BCUT2D eigenvalue weighted by molar-refractivity contribution is -0.123. The quantitative estimate of drug-likeness (QED) is 0.675. The second-order valence-corrected chi connectivity index (χ2v) is 7.42. The highest BCUT2D eigenvalue weighted by Crippen LogP contribution is 2.24. The van der Waals surface area contributed by atoms with Crippen LogP contribution in [0.2, 0.25) is 0 Å². The third-order valence-corrected chi connectivity index (χ3v) is 5.01. The summed E-state index contributed by atoms with van der Waals surface area (Å²) in [6.45, 7) is 7.18. The molecule has 134 valence electrons. The van der Waals surface area contributed by atoms with Crippen LogP contribution >= 0.6 is 15.9 Å². The van der Waals surface area contributed by atoms with Crippen molar-refractivity contribution in [3.8, 4) is 0 Å². The molecule has 1 aromatic rings.